The van der Waals surface area contributed by atoms with Gasteiger partial charge in [-0.3, -0.25) is 10.1 Å². The van der Waals surface area contributed by atoms with Crippen LogP contribution in [0.1, 0.15) is 30.7 Å². The van der Waals surface area contributed by atoms with Crippen molar-refractivity contribution < 1.29 is 4.92 Å². The fourth-order valence-corrected chi connectivity index (χ4v) is 3.64. The number of non-ortho nitro benzene ring substituents is 1. The van der Waals surface area contributed by atoms with E-state index >= 15 is 0 Å². The van der Waals surface area contributed by atoms with Crippen LogP contribution in [0.2, 0.25) is 0 Å². The van der Waals surface area contributed by atoms with E-state index < -0.39 is 4.92 Å². The monoisotopic (exact) mass is 325 g/mol. The van der Waals surface area contributed by atoms with Crippen molar-refractivity contribution >= 4 is 29.4 Å². The molecule has 112 valence electrons. The van der Waals surface area contributed by atoms with Crippen LogP contribution in [0, 0.1) is 10.1 Å². The Morgan fingerprint density at radius 2 is 2.05 bits per heavy atom. The molecule has 1 aromatic heterocycles. The first kappa shape index (κ1) is 15.9. The molecule has 0 amide bonds. The third-order valence-corrected chi connectivity index (χ3v) is 4.84. The second-order valence-electron chi connectivity index (χ2n) is 5.21. The number of rotatable bonds is 3. The Labute approximate surface area is 132 Å². The third kappa shape index (κ3) is 3.07. The van der Waals surface area contributed by atoms with E-state index in [-0.39, 0.29) is 23.6 Å². The number of aromatic nitrogens is 1. The van der Waals surface area contributed by atoms with Gasteiger partial charge in [-0.05, 0) is 12.8 Å². The number of nitro benzene ring substituents is 1. The molecule has 0 bridgehead atoms. The minimum atomic E-state index is -0.391. The lowest BCUT2D eigenvalue weighted by Gasteiger charge is -2.19. The van der Waals surface area contributed by atoms with Crippen LogP contribution < -0.4 is 5.73 Å². The van der Waals surface area contributed by atoms with Gasteiger partial charge in [-0.2, -0.15) is 0 Å². The highest BCUT2D eigenvalue weighted by atomic mass is 35.5. The number of nitrogens with zero attached hydrogens (tertiary/aromatic N) is 2. The maximum Gasteiger partial charge on any atom is 0.270 e. The standard InChI is InChI=1S/C14H15N3O2S.ClH/c15-14(6-1-2-7-14)13-16-12(9-20-13)10-4-3-5-11(8-10)17(18)19;/h3-5,8-9H,1-2,6-7,15H2;1H. The van der Waals surface area contributed by atoms with Crippen LogP contribution in [0.3, 0.4) is 0 Å². The van der Waals surface area contributed by atoms with E-state index in [9.17, 15) is 10.1 Å². The largest absolute Gasteiger partial charge is 0.319 e. The fourth-order valence-electron chi connectivity index (χ4n) is 2.63. The number of nitro groups is 1. The first-order valence-corrected chi connectivity index (χ1v) is 7.46. The fraction of sp³-hybridized carbons (Fsp3) is 0.357. The molecule has 0 unspecified atom stereocenters. The molecular weight excluding hydrogens is 310 g/mol. The second-order valence-corrected chi connectivity index (χ2v) is 6.07. The van der Waals surface area contributed by atoms with Crippen LogP contribution in [-0.2, 0) is 5.54 Å². The molecule has 21 heavy (non-hydrogen) atoms. The number of halogens is 1. The van der Waals surface area contributed by atoms with Crippen LogP contribution in [-0.4, -0.2) is 9.91 Å². The zero-order chi connectivity index (χ0) is 14.2. The maximum absolute atomic E-state index is 10.8. The number of hydrogen-bond acceptors (Lipinski definition) is 5. The summed E-state index contributed by atoms with van der Waals surface area (Å²) in [5, 5.41) is 13.7. The van der Waals surface area contributed by atoms with Gasteiger partial charge < -0.3 is 5.73 Å². The molecule has 5 nitrogen and oxygen atoms in total. The van der Waals surface area contributed by atoms with E-state index in [4.69, 9.17) is 5.73 Å². The van der Waals surface area contributed by atoms with Crippen molar-refractivity contribution in [3.63, 3.8) is 0 Å². The summed E-state index contributed by atoms with van der Waals surface area (Å²) in [6.45, 7) is 0. The molecule has 3 rings (SSSR count). The smallest absolute Gasteiger partial charge is 0.270 e. The second kappa shape index (κ2) is 6.09. The Balaban J connectivity index is 0.00000161. The third-order valence-electron chi connectivity index (χ3n) is 3.78. The van der Waals surface area contributed by atoms with E-state index in [0.29, 0.717) is 0 Å². The highest BCUT2D eigenvalue weighted by Gasteiger charge is 2.34. The first-order valence-electron chi connectivity index (χ1n) is 6.58. The highest BCUT2D eigenvalue weighted by Crippen LogP contribution is 2.39. The molecule has 2 aromatic rings. The van der Waals surface area contributed by atoms with Gasteiger partial charge >= 0.3 is 0 Å². The van der Waals surface area contributed by atoms with E-state index in [1.807, 2.05) is 11.4 Å². The summed E-state index contributed by atoms with van der Waals surface area (Å²) in [6, 6.07) is 6.55. The number of nitrogens with two attached hydrogens (primary N) is 1. The van der Waals surface area contributed by atoms with Crippen molar-refractivity contribution in [1.82, 2.24) is 4.98 Å². The van der Waals surface area contributed by atoms with E-state index in [1.54, 1.807) is 23.5 Å². The summed E-state index contributed by atoms with van der Waals surface area (Å²) >= 11 is 1.55. The van der Waals surface area contributed by atoms with E-state index in [1.165, 1.54) is 6.07 Å². The van der Waals surface area contributed by atoms with Gasteiger partial charge in [0, 0.05) is 23.1 Å². The topological polar surface area (TPSA) is 82.0 Å². The van der Waals surface area contributed by atoms with Gasteiger partial charge in [0.15, 0.2) is 0 Å². The van der Waals surface area contributed by atoms with Gasteiger partial charge in [-0.1, -0.05) is 25.0 Å². The van der Waals surface area contributed by atoms with Gasteiger partial charge in [-0.15, -0.1) is 23.7 Å². The molecule has 0 saturated heterocycles. The van der Waals surface area contributed by atoms with Gasteiger partial charge in [0.1, 0.15) is 5.01 Å². The van der Waals surface area contributed by atoms with Gasteiger partial charge in [0.05, 0.1) is 16.2 Å². The average molecular weight is 326 g/mol. The van der Waals surface area contributed by atoms with Crippen molar-refractivity contribution in [2.24, 2.45) is 5.73 Å². The van der Waals surface area contributed by atoms with Gasteiger partial charge in [0.2, 0.25) is 0 Å². The molecule has 0 spiro atoms. The summed E-state index contributed by atoms with van der Waals surface area (Å²) in [4.78, 5) is 15.0. The molecule has 1 fully saturated rings. The number of thiazole rings is 1. The van der Waals surface area contributed by atoms with Crippen molar-refractivity contribution in [3.05, 3.63) is 44.8 Å². The number of benzene rings is 1. The van der Waals surface area contributed by atoms with Gasteiger partial charge in [-0.25, -0.2) is 4.98 Å². The molecule has 1 aromatic carbocycles. The number of hydrogen-bond donors (Lipinski definition) is 1. The van der Waals surface area contributed by atoms with Crippen LogP contribution in [0.4, 0.5) is 5.69 Å². The average Bonchev–Trinajstić information content (AvgIpc) is 3.08. The van der Waals surface area contributed by atoms with Crippen molar-refractivity contribution in [1.29, 1.82) is 0 Å². The predicted octanol–water partition coefficient (Wildman–Crippen LogP) is 3.87. The molecule has 7 heteroatoms. The summed E-state index contributed by atoms with van der Waals surface area (Å²) < 4.78 is 0. The lowest BCUT2D eigenvalue weighted by Crippen LogP contribution is -2.32. The molecular formula is C14H16ClN3O2S. The Bertz CT molecular complexity index is 653. The summed E-state index contributed by atoms with van der Waals surface area (Å²) in [5.74, 6) is 0. The van der Waals surface area contributed by atoms with Crippen LogP contribution in [0.25, 0.3) is 11.3 Å². The highest BCUT2D eigenvalue weighted by molar-refractivity contribution is 7.10. The maximum atomic E-state index is 10.8. The van der Waals surface area contributed by atoms with E-state index in [2.05, 4.69) is 4.98 Å². The molecule has 0 aliphatic heterocycles. The van der Waals surface area contributed by atoms with E-state index in [0.717, 1.165) is 41.9 Å². The molecule has 0 atom stereocenters. The molecule has 1 aliphatic carbocycles. The summed E-state index contributed by atoms with van der Waals surface area (Å²) in [7, 11) is 0. The Hall–Kier alpha value is -1.50. The minimum Gasteiger partial charge on any atom is -0.319 e. The molecule has 1 heterocycles. The Morgan fingerprint density at radius 1 is 1.33 bits per heavy atom. The molecule has 0 radical (unpaired) electrons. The van der Waals surface area contributed by atoms with Crippen molar-refractivity contribution in [2.75, 3.05) is 0 Å². The van der Waals surface area contributed by atoms with Crippen molar-refractivity contribution in [2.45, 2.75) is 31.2 Å². The molecule has 1 aliphatic rings. The van der Waals surface area contributed by atoms with Gasteiger partial charge in [0.25, 0.3) is 5.69 Å². The normalized spacial score (nSPS) is 16.4. The van der Waals surface area contributed by atoms with Crippen LogP contribution in [0.5, 0.6) is 0 Å². The van der Waals surface area contributed by atoms with Crippen molar-refractivity contribution in [3.8, 4) is 11.3 Å². The summed E-state index contributed by atoms with van der Waals surface area (Å²) in [5.41, 5.74) is 7.71. The Kier molecular flexibility index (Phi) is 4.61. The SMILES string of the molecule is Cl.NC1(c2nc(-c3cccc([N+](=O)[O-])c3)cs2)CCCC1. The van der Waals surface area contributed by atoms with Crippen LogP contribution >= 0.6 is 23.7 Å². The summed E-state index contributed by atoms with van der Waals surface area (Å²) in [6.07, 6.45) is 4.22. The zero-order valence-corrected chi connectivity index (χ0v) is 13.0. The molecule has 1 saturated carbocycles. The predicted molar refractivity (Wildman–Crippen MR) is 85.8 cm³/mol. The van der Waals surface area contributed by atoms with Crippen LogP contribution in [0.15, 0.2) is 29.6 Å². The lowest BCUT2D eigenvalue weighted by molar-refractivity contribution is -0.384. The first-order chi connectivity index (χ1) is 9.58. The quantitative estimate of drug-likeness (QED) is 0.686. The zero-order valence-electron chi connectivity index (χ0n) is 11.3. The lowest BCUT2D eigenvalue weighted by atomic mass is 10.0. The molecule has 2 N–H and O–H groups in total. The minimum absolute atomic E-state index is 0. The Morgan fingerprint density at radius 3 is 2.71 bits per heavy atom.